The van der Waals surface area contributed by atoms with Crippen molar-refractivity contribution in [3.8, 4) is 0 Å². The Kier molecular flexibility index (Phi) is 3.08. The van der Waals surface area contributed by atoms with Gasteiger partial charge in [0.05, 0.1) is 18.8 Å². The fraction of sp³-hybridized carbons (Fsp3) is 0.444. The minimum Gasteiger partial charge on any atom is -0.467 e. The first-order valence-corrected chi connectivity index (χ1v) is 4.17. The lowest BCUT2D eigenvalue weighted by Gasteiger charge is -2.05. The van der Waals surface area contributed by atoms with Gasteiger partial charge in [-0.2, -0.15) is 0 Å². The van der Waals surface area contributed by atoms with Crippen LogP contribution in [0.15, 0.2) is 16.7 Å². The summed E-state index contributed by atoms with van der Waals surface area (Å²) in [6, 6.07) is 1.38. The van der Waals surface area contributed by atoms with Crippen molar-refractivity contribution in [2.45, 2.75) is 26.4 Å². The number of amides is 1. The number of furan rings is 1. The van der Waals surface area contributed by atoms with E-state index in [1.165, 1.54) is 0 Å². The summed E-state index contributed by atoms with van der Waals surface area (Å²) >= 11 is 0. The summed E-state index contributed by atoms with van der Waals surface area (Å²) in [4.78, 5) is 11.1. The van der Waals surface area contributed by atoms with Crippen molar-refractivity contribution in [2.24, 2.45) is 5.73 Å². The van der Waals surface area contributed by atoms with Crippen molar-refractivity contribution >= 4 is 5.91 Å². The van der Waals surface area contributed by atoms with Crippen molar-refractivity contribution in [1.29, 1.82) is 0 Å². The van der Waals surface area contributed by atoms with Crippen molar-refractivity contribution in [1.82, 2.24) is 5.32 Å². The van der Waals surface area contributed by atoms with Crippen LogP contribution in [0.25, 0.3) is 0 Å². The van der Waals surface area contributed by atoms with Crippen LogP contribution in [0.3, 0.4) is 0 Å². The van der Waals surface area contributed by atoms with Gasteiger partial charge in [0.1, 0.15) is 5.76 Å². The predicted octanol–water partition coefficient (Wildman–Crippen LogP) is 0.551. The number of rotatable bonds is 3. The zero-order chi connectivity index (χ0) is 9.84. The van der Waals surface area contributed by atoms with Gasteiger partial charge in [-0.25, -0.2) is 0 Å². The Morgan fingerprint density at radius 1 is 1.77 bits per heavy atom. The number of carbonyl (C=O) groups excluding carboxylic acids is 1. The highest BCUT2D eigenvalue weighted by molar-refractivity contribution is 5.80. The second kappa shape index (κ2) is 4.09. The number of hydrogen-bond acceptors (Lipinski definition) is 3. The highest BCUT2D eigenvalue weighted by Gasteiger charge is 2.08. The van der Waals surface area contributed by atoms with Crippen molar-refractivity contribution in [3.05, 3.63) is 23.7 Å². The third-order valence-corrected chi connectivity index (χ3v) is 1.80. The number of hydrogen-bond donors (Lipinski definition) is 2. The Hall–Kier alpha value is -1.29. The van der Waals surface area contributed by atoms with Gasteiger partial charge < -0.3 is 15.5 Å². The minimum absolute atomic E-state index is 0.171. The molecule has 0 aliphatic heterocycles. The quantitative estimate of drug-likeness (QED) is 0.717. The smallest absolute Gasteiger partial charge is 0.237 e. The highest BCUT2D eigenvalue weighted by atomic mass is 16.3. The summed E-state index contributed by atoms with van der Waals surface area (Å²) in [5.74, 6) is 0.602. The third-order valence-electron chi connectivity index (χ3n) is 1.80. The van der Waals surface area contributed by atoms with E-state index < -0.39 is 6.04 Å². The molecule has 0 saturated heterocycles. The second-order valence-corrected chi connectivity index (χ2v) is 3.03. The van der Waals surface area contributed by atoms with Gasteiger partial charge in [-0.1, -0.05) is 0 Å². The Morgan fingerprint density at radius 3 is 2.92 bits per heavy atom. The van der Waals surface area contributed by atoms with E-state index >= 15 is 0 Å². The number of nitrogens with two attached hydrogens (primary N) is 1. The molecular weight excluding hydrogens is 168 g/mol. The van der Waals surface area contributed by atoms with Crippen LogP contribution in [0, 0.1) is 6.92 Å². The SMILES string of the molecule is Cc1ccoc1CNC(=O)[C@@H](C)N. The summed E-state index contributed by atoms with van der Waals surface area (Å²) in [6.45, 7) is 3.97. The van der Waals surface area contributed by atoms with Crippen molar-refractivity contribution in [3.63, 3.8) is 0 Å². The van der Waals surface area contributed by atoms with Crippen LogP contribution in [-0.2, 0) is 11.3 Å². The van der Waals surface area contributed by atoms with E-state index in [0.29, 0.717) is 6.54 Å². The minimum atomic E-state index is -0.477. The van der Waals surface area contributed by atoms with E-state index in [2.05, 4.69) is 5.32 Å². The molecule has 72 valence electrons. The molecule has 1 amide bonds. The van der Waals surface area contributed by atoms with Gasteiger partial charge >= 0.3 is 0 Å². The number of aryl methyl sites for hydroxylation is 1. The van der Waals surface area contributed by atoms with E-state index in [0.717, 1.165) is 11.3 Å². The predicted molar refractivity (Wildman–Crippen MR) is 48.9 cm³/mol. The van der Waals surface area contributed by atoms with Crippen LogP contribution in [-0.4, -0.2) is 11.9 Å². The Labute approximate surface area is 77.1 Å². The van der Waals surface area contributed by atoms with Gasteiger partial charge in [0.25, 0.3) is 0 Å². The summed E-state index contributed by atoms with van der Waals surface area (Å²) in [5, 5.41) is 2.67. The topological polar surface area (TPSA) is 68.3 Å². The van der Waals surface area contributed by atoms with Crippen LogP contribution in [0.1, 0.15) is 18.2 Å². The molecule has 13 heavy (non-hydrogen) atoms. The molecule has 0 radical (unpaired) electrons. The summed E-state index contributed by atoms with van der Waals surface area (Å²) < 4.78 is 5.14. The maximum atomic E-state index is 11.1. The lowest BCUT2D eigenvalue weighted by molar-refractivity contribution is -0.122. The Balaban J connectivity index is 2.44. The highest BCUT2D eigenvalue weighted by Crippen LogP contribution is 2.07. The summed E-state index contributed by atoms with van der Waals surface area (Å²) in [6.07, 6.45) is 1.60. The molecule has 4 heteroatoms. The average molecular weight is 182 g/mol. The van der Waals surface area contributed by atoms with Crippen LogP contribution in [0.4, 0.5) is 0 Å². The summed E-state index contributed by atoms with van der Waals surface area (Å²) in [5.41, 5.74) is 6.40. The Bertz CT molecular complexity index is 292. The fourth-order valence-corrected chi connectivity index (χ4v) is 0.914. The van der Waals surface area contributed by atoms with Gasteiger partial charge in [-0.3, -0.25) is 4.79 Å². The molecule has 1 heterocycles. The zero-order valence-electron chi connectivity index (χ0n) is 7.83. The molecule has 1 aromatic rings. The van der Waals surface area contributed by atoms with E-state index in [1.807, 2.05) is 13.0 Å². The molecular formula is C9H14N2O2. The maximum absolute atomic E-state index is 11.1. The van der Waals surface area contributed by atoms with Crippen LogP contribution >= 0.6 is 0 Å². The van der Waals surface area contributed by atoms with Crippen LogP contribution in [0.2, 0.25) is 0 Å². The molecule has 0 aromatic carbocycles. The largest absolute Gasteiger partial charge is 0.467 e. The molecule has 1 aromatic heterocycles. The molecule has 0 bridgehead atoms. The summed E-state index contributed by atoms with van der Waals surface area (Å²) in [7, 11) is 0. The van der Waals surface area contributed by atoms with E-state index in [4.69, 9.17) is 10.2 Å². The van der Waals surface area contributed by atoms with E-state index in [-0.39, 0.29) is 5.91 Å². The molecule has 0 aliphatic carbocycles. The number of carbonyl (C=O) groups is 1. The Morgan fingerprint density at radius 2 is 2.46 bits per heavy atom. The van der Waals surface area contributed by atoms with Crippen molar-refractivity contribution in [2.75, 3.05) is 0 Å². The molecule has 1 rings (SSSR count). The number of nitrogens with one attached hydrogen (secondary N) is 1. The first-order chi connectivity index (χ1) is 6.11. The molecule has 0 fully saturated rings. The van der Waals surface area contributed by atoms with Gasteiger partial charge in [0.15, 0.2) is 0 Å². The molecule has 0 unspecified atom stereocenters. The van der Waals surface area contributed by atoms with Gasteiger partial charge in [-0.15, -0.1) is 0 Å². The monoisotopic (exact) mass is 182 g/mol. The van der Waals surface area contributed by atoms with E-state index in [1.54, 1.807) is 13.2 Å². The van der Waals surface area contributed by atoms with Gasteiger partial charge in [-0.05, 0) is 25.5 Å². The third kappa shape index (κ3) is 2.59. The first kappa shape index (κ1) is 9.80. The van der Waals surface area contributed by atoms with Gasteiger partial charge in [0.2, 0.25) is 5.91 Å². The molecule has 0 aliphatic rings. The zero-order valence-corrected chi connectivity index (χ0v) is 7.83. The standard InChI is InChI=1S/C9H14N2O2/c1-6-3-4-13-8(6)5-11-9(12)7(2)10/h3-4,7H,5,10H2,1-2H3,(H,11,12)/t7-/m1/s1. The van der Waals surface area contributed by atoms with Crippen molar-refractivity contribution < 1.29 is 9.21 Å². The molecule has 0 spiro atoms. The van der Waals surface area contributed by atoms with E-state index in [9.17, 15) is 4.79 Å². The molecule has 1 atom stereocenters. The molecule has 0 saturated carbocycles. The van der Waals surface area contributed by atoms with Crippen LogP contribution < -0.4 is 11.1 Å². The maximum Gasteiger partial charge on any atom is 0.237 e. The fourth-order valence-electron chi connectivity index (χ4n) is 0.914. The lowest BCUT2D eigenvalue weighted by atomic mass is 10.2. The lowest BCUT2D eigenvalue weighted by Crippen LogP contribution is -2.37. The average Bonchev–Trinajstić information content (AvgIpc) is 2.47. The molecule has 4 nitrogen and oxygen atoms in total. The second-order valence-electron chi connectivity index (χ2n) is 3.03. The first-order valence-electron chi connectivity index (χ1n) is 4.17. The van der Waals surface area contributed by atoms with Gasteiger partial charge in [0, 0.05) is 0 Å². The van der Waals surface area contributed by atoms with Crippen LogP contribution in [0.5, 0.6) is 0 Å². The normalized spacial score (nSPS) is 12.5. The molecule has 3 N–H and O–H groups in total.